The molecule has 3 aromatic rings. The van der Waals surface area contributed by atoms with Crippen molar-refractivity contribution in [2.24, 2.45) is 11.7 Å². The van der Waals surface area contributed by atoms with Gasteiger partial charge in [-0.2, -0.15) is 0 Å². The van der Waals surface area contributed by atoms with E-state index >= 15 is 0 Å². The van der Waals surface area contributed by atoms with Crippen LogP contribution in [0, 0.1) is 9.49 Å². The summed E-state index contributed by atoms with van der Waals surface area (Å²) >= 11 is 3.85. The van der Waals surface area contributed by atoms with Gasteiger partial charge in [-0.05, 0) is 46.7 Å². The SMILES string of the molecule is COc1ccc(I)c(Sc2nc3c(N)ncnc3n2CC(N)C(C)C)c1. The maximum absolute atomic E-state index is 6.32. The topological polar surface area (TPSA) is 105 Å². The summed E-state index contributed by atoms with van der Waals surface area (Å²) in [6.45, 7) is 4.81. The van der Waals surface area contributed by atoms with Crippen LogP contribution in [-0.2, 0) is 6.54 Å². The number of ether oxygens (including phenoxy) is 1. The fraction of sp³-hybridized carbons (Fsp3) is 0.353. The number of nitrogens with two attached hydrogens (primary N) is 2. The summed E-state index contributed by atoms with van der Waals surface area (Å²) in [4.78, 5) is 14.2. The van der Waals surface area contributed by atoms with E-state index in [0.29, 0.717) is 29.4 Å². The van der Waals surface area contributed by atoms with Crippen molar-refractivity contribution in [3.05, 3.63) is 28.1 Å². The van der Waals surface area contributed by atoms with Gasteiger partial charge in [0.25, 0.3) is 0 Å². The normalized spacial score (nSPS) is 12.7. The molecule has 138 valence electrons. The molecule has 0 saturated heterocycles. The summed E-state index contributed by atoms with van der Waals surface area (Å²) in [7, 11) is 1.66. The van der Waals surface area contributed by atoms with Crippen molar-refractivity contribution in [1.29, 1.82) is 0 Å². The van der Waals surface area contributed by atoms with E-state index in [0.717, 1.165) is 19.4 Å². The Morgan fingerprint density at radius 3 is 2.77 bits per heavy atom. The number of hydrogen-bond donors (Lipinski definition) is 2. The monoisotopic (exact) mass is 484 g/mol. The fourth-order valence-electron chi connectivity index (χ4n) is 2.39. The summed E-state index contributed by atoms with van der Waals surface area (Å²) in [6, 6.07) is 5.93. The Kier molecular flexibility index (Phi) is 5.88. The second kappa shape index (κ2) is 7.97. The number of imidazole rings is 1. The summed E-state index contributed by atoms with van der Waals surface area (Å²) in [5.74, 6) is 1.50. The van der Waals surface area contributed by atoms with Crippen LogP contribution in [0.3, 0.4) is 0 Å². The zero-order chi connectivity index (χ0) is 18.8. The van der Waals surface area contributed by atoms with Crippen LogP contribution in [0.4, 0.5) is 5.82 Å². The molecule has 9 heteroatoms. The molecule has 0 aliphatic heterocycles. The second-order valence-corrected chi connectivity index (χ2v) is 8.41. The first-order valence-electron chi connectivity index (χ1n) is 8.14. The largest absolute Gasteiger partial charge is 0.497 e. The number of hydrogen-bond acceptors (Lipinski definition) is 7. The number of rotatable bonds is 6. The molecule has 0 bridgehead atoms. The van der Waals surface area contributed by atoms with E-state index < -0.39 is 0 Å². The van der Waals surface area contributed by atoms with E-state index in [1.54, 1.807) is 18.9 Å². The maximum Gasteiger partial charge on any atom is 0.175 e. The van der Waals surface area contributed by atoms with Gasteiger partial charge < -0.3 is 20.8 Å². The third kappa shape index (κ3) is 3.89. The highest BCUT2D eigenvalue weighted by molar-refractivity contribution is 14.1. The van der Waals surface area contributed by atoms with Gasteiger partial charge in [0.05, 0.1) is 7.11 Å². The zero-order valence-electron chi connectivity index (χ0n) is 14.8. The molecule has 0 aliphatic carbocycles. The minimum atomic E-state index is -0.0210. The third-order valence-electron chi connectivity index (χ3n) is 4.11. The van der Waals surface area contributed by atoms with Gasteiger partial charge in [0, 0.05) is 21.1 Å². The minimum Gasteiger partial charge on any atom is -0.497 e. The molecule has 0 radical (unpaired) electrons. The minimum absolute atomic E-state index is 0.0210. The molecule has 2 aromatic heterocycles. The van der Waals surface area contributed by atoms with Crippen LogP contribution in [-0.4, -0.2) is 32.7 Å². The lowest BCUT2D eigenvalue weighted by molar-refractivity contribution is 0.413. The van der Waals surface area contributed by atoms with E-state index in [9.17, 15) is 0 Å². The van der Waals surface area contributed by atoms with Crippen molar-refractivity contribution in [1.82, 2.24) is 19.5 Å². The van der Waals surface area contributed by atoms with Crippen LogP contribution < -0.4 is 16.2 Å². The highest BCUT2D eigenvalue weighted by Crippen LogP contribution is 2.35. The second-order valence-electron chi connectivity index (χ2n) is 6.24. The highest BCUT2D eigenvalue weighted by Gasteiger charge is 2.20. The molecule has 0 saturated carbocycles. The molecule has 1 aromatic carbocycles. The van der Waals surface area contributed by atoms with Crippen molar-refractivity contribution < 1.29 is 4.74 Å². The zero-order valence-corrected chi connectivity index (χ0v) is 17.8. The van der Waals surface area contributed by atoms with Crippen molar-refractivity contribution in [2.45, 2.75) is 36.5 Å². The third-order valence-corrected chi connectivity index (χ3v) is 6.47. The van der Waals surface area contributed by atoms with E-state index in [1.807, 2.05) is 22.8 Å². The molecule has 1 atom stereocenters. The smallest absolute Gasteiger partial charge is 0.175 e. The average molecular weight is 484 g/mol. The molecule has 0 aliphatic rings. The van der Waals surface area contributed by atoms with E-state index in [4.69, 9.17) is 21.2 Å². The number of nitrogens with zero attached hydrogens (tertiary/aromatic N) is 4. The molecule has 2 heterocycles. The van der Waals surface area contributed by atoms with Gasteiger partial charge in [0.2, 0.25) is 0 Å². The molecular weight excluding hydrogens is 463 g/mol. The number of aromatic nitrogens is 4. The summed E-state index contributed by atoms with van der Waals surface area (Å²) < 4.78 is 8.48. The first-order chi connectivity index (χ1) is 12.4. The van der Waals surface area contributed by atoms with Crippen LogP contribution in [0.15, 0.2) is 34.6 Å². The molecular formula is C17H21IN6OS. The number of anilines is 1. The lowest BCUT2D eigenvalue weighted by atomic mass is 10.1. The van der Waals surface area contributed by atoms with E-state index in [-0.39, 0.29) is 6.04 Å². The van der Waals surface area contributed by atoms with Gasteiger partial charge in [0.15, 0.2) is 22.1 Å². The predicted octanol–water partition coefficient (Wildman–Crippen LogP) is 3.16. The number of fused-ring (bicyclic) bond motifs is 1. The Balaban J connectivity index is 2.08. The predicted molar refractivity (Wildman–Crippen MR) is 112 cm³/mol. The summed E-state index contributed by atoms with van der Waals surface area (Å²) in [5.41, 5.74) is 13.6. The van der Waals surface area contributed by atoms with Crippen molar-refractivity contribution >= 4 is 51.3 Å². The number of methoxy groups -OCH3 is 1. The Bertz CT molecular complexity index is 929. The lowest BCUT2D eigenvalue weighted by Gasteiger charge is -2.18. The molecule has 7 nitrogen and oxygen atoms in total. The Hall–Kier alpha value is -1.59. The first-order valence-corrected chi connectivity index (χ1v) is 10.0. The van der Waals surface area contributed by atoms with Gasteiger partial charge in [-0.15, -0.1) is 0 Å². The van der Waals surface area contributed by atoms with Crippen molar-refractivity contribution in [2.75, 3.05) is 12.8 Å². The fourth-order valence-corrected chi connectivity index (χ4v) is 4.00. The van der Waals surface area contributed by atoms with Gasteiger partial charge in [-0.3, -0.25) is 0 Å². The van der Waals surface area contributed by atoms with Crippen molar-refractivity contribution in [3.8, 4) is 5.75 Å². The van der Waals surface area contributed by atoms with Crippen LogP contribution >= 0.6 is 34.4 Å². The molecule has 26 heavy (non-hydrogen) atoms. The molecule has 1 unspecified atom stereocenters. The van der Waals surface area contributed by atoms with Crippen molar-refractivity contribution in [3.63, 3.8) is 0 Å². The average Bonchev–Trinajstić information content (AvgIpc) is 2.95. The van der Waals surface area contributed by atoms with E-state index in [2.05, 4.69) is 46.4 Å². The van der Waals surface area contributed by atoms with Crippen LogP contribution in [0.2, 0.25) is 0 Å². The van der Waals surface area contributed by atoms with Gasteiger partial charge in [-0.25, -0.2) is 15.0 Å². The number of nitrogen functional groups attached to an aromatic ring is 1. The van der Waals surface area contributed by atoms with Crippen LogP contribution in [0.5, 0.6) is 5.75 Å². The Labute approximate surface area is 170 Å². The Morgan fingerprint density at radius 2 is 2.08 bits per heavy atom. The van der Waals surface area contributed by atoms with Crippen LogP contribution in [0.1, 0.15) is 13.8 Å². The molecule has 0 fully saturated rings. The lowest BCUT2D eigenvalue weighted by Crippen LogP contribution is -2.31. The van der Waals surface area contributed by atoms with E-state index in [1.165, 1.54) is 6.33 Å². The molecule has 0 spiro atoms. The number of halogens is 1. The standard InChI is InChI=1S/C17H21IN6OS/c1-9(2)12(19)7-24-16-14(15(20)21-8-22-16)23-17(24)26-13-6-10(25-3)4-5-11(13)18/h4-6,8-9,12H,7,19H2,1-3H3,(H2,20,21,22). The van der Waals surface area contributed by atoms with Gasteiger partial charge in [0.1, 0.15) is 12.1 Å². The summed E-state index contributed by atoms with van der Waals surface area (Å²) in [5, 5.41) is 0.787. The number of benzene rings is 1. The first kappa shape index (κ1) is 19.2. The molecule has 3 rings (SSSR count). The van der Waals surface area contributed by atoms with Gasteiger partial charge in [-0.1, -0.05) is 25.6 Å². The molecule has 4 N–H and O–H groups in total. The maximum atomic E-state index is 6.32. The Morgan fingerprint density at radius 1 is 1.31 bits per heavy atom. The van der Waals surface area contributed by atoms with Crippen LogP contribution in [0.25, 0.3) is 11.2 Å². The quantitative estimate of drug-likeness (QED) is 0.518. The molecule has 0 amide bonds. The van der Waals surface area contributed by atoms with Gasteiger partial charge >= 0.3 is 0 Å². The highest BCUT2D eigenvalue weighted by atomic mass is 127. The summed E-state index contributed by atoms with van der Waals surface area (Å²) in [6.07, 6.45) is 1.46.